The van der Waals surface area contributed by atoms with Crippen LogP contribution in [-0.4, -0.2) is 52.9 Å². The Morgan fingerprint density at radius 3 is 2.56 bits per heavy atom. The number of imidazole rings is 1. The molecule has 54 heavy (non-hydrogen) atoms. The number of pyridine rings is 3. The van der Waals surface area contributed by atoms with E-state index in [1.807, 2.05) is 54.2 Å². The van der Waals surface area contributed by atoms with Crippen molar-refractivity contribution in [3.63, 3.8) is 0 Å². The van der Waals surface area contributed by atoms with Gasteiger partial charge in [-0.05, 0) is 76.9 Å². The molecule has 12 heteroatoms. The molecule has 12 nitrogen and oxygen atoms in total. The Morgan fingerprint density at radius 2 is 1.78 bits per heavy atom. The predicted octanol–water partition coefficient (Wildman–Crippen LogP) is 5.39. The van der Waals surface area contributed by atoms with Gasteiger partial charge in [-0.1, -0.05) is 43.9 Å². The van der Waals surface area contributed by atoms with Crippen molar-refractivity contribution in [2.24, 2.45) is 14.1 Å². The third-order valence-electron chi connectivity index (χ3n) is 10.1. The molecule has 268 valence electrons. The van der Waals surface area contributed by atoms with Crippen molar-refractivity contribution in [1.29, 1.82) is 0 Å². The molecule has 6 heterocycles. The summed E-state index contributed by atoms with van der Waals surface area (Å²) in [6.45, 7) is 4.37. The van der Waals surface area contributed by atoms with Crippen molar-refractivity contribution in [3.05, 3.63) is 113 Å². The minimum atomic E-state index is -0.493. The van der Waals surface area contributed by atoms with E-state index in [2.05, 4.69) is 64.5 Å². The van der Waals surface area contributed by atoms with Gasteiger partial charge in [0, 0.05) is 61.8 Å². The Labute approximate surface area is 309 Å². The molecule has 0 bridgehead atoms. The first kappa shape index (κ1) is 34.2. The molecular formula is C42H36N8O4. The minimum Gasteiger partial charge on any atom is -0.340 e. The molecule has 1 saturated heterocycles. The Morgan fingerprint density at radius 1 is 0.926 bits per heavy atom. The van der Waals surface area contributed by atoms with E-state index >= 15 is 0 Å². The maximum Gasteiger partial charge on any atom is 0.328 e. The number of piperidine rings is 1. The van der Waals surface area contributed by atoms with Gasteiger partial charge in [0.15, 0.2) is 0 Å². The summed E-state index contributed by atoms with van der Waals surface area (Å²) in [5.41, 5.74) is 8.78. The van der Waals surface area contributed by atoms with Crippen molar-refractivity contribution in [1.82, 2.24) is 39.3 Å². The number of carbonyl (C=O) groups excluding carboxylic acids is 3. The summed E-state index contributed by atoms with van der Waals surface area (Å²) in [5, 5.41) is 7.17. The normalized spacial score (nSPS) is 14.4. The van der Waals surface area contributed by atoms with Crippen LogP contribution in [0, 0.1) is 11.8 Å². The molecule has 1 unspecified atom stereocenters. The van der Waals surface area contributed by atoms with Crippen LogP contribution < -0.4 is 16.3 Å². The Balaban J connectivity index is 0.968. The molecule has 2 aromatic carbocycles. The smallest absolute Gasteiger partial charge is 0.328 e. The SMILES string of the molecule is CC(C)c1cc(-c2cccc3cc(-c4ccc(C(=O)NCC#Cc5cnc6ccn(C7CCC(=O)NC7=O)c6c5)nc4)ncc23)cc2c1n(C)c(=O)n2C. The summed E-state index contributed by atoms with van der Waals surface area (Å²) >= 11 is 0. The molecule has 1 aliphatic rings. The number of amides is 3. The molecule has 0 spiro atoms. The standard InChI is InChI=1S/C42H36N8O4/c1-24(2)30-18-28(20-37-39(30)49(4)42(54)48(37)3)29-9-5-8-26-19-34(46-23-31(26)29)27-10-11-33(45-22-27)40(52)43-15-6-7-25-17-36-32(44-21-25)14-16-50(36)35-12-13-38(51)47-41(35)53/h5,8-11,14,16-24,35H,12-13,15H2,1-4H3,(H,43,52)(H,47,51,53). The van der Waals surface area contributed by atoms with Gasteiger partial charge in [-0.25, -0.2) is 4.79 Å². The highest BCUT2D eigenvalue weighted by molar-refractivity contribution is 6.01. The summed E-state index contributed by atoms with van der Waals surface area (Å²) in [7, 11) is 3.62. The van der Waals surface area contributed by atoms with Crippen LogP contribution in [0.4, 0.5) is 0 Å². The van der Waals surface area contributed by atoms with E-state index in [1.165, 1.54) is 0 Å². The van der Waals surface area contributed by atoms with Crippen LogP contribution >= 0.6 is 0 Å². The van der Waals surface area contributed by atoms with Crippen LogP contribution in [-0.2, 0) is 23.7 Å². The molecule has 0 aliphatic carbocycles. The van der Waals surface area contributed by atoms with E-state index in [0.717, 1.165) is 55.3 Å². The number of benzene rings is 2. The molecule has 8 rings (SSSR count). The van der Waals surface area contributed by atoms with Crippen molar-refractivity contribution < 1.29 is 14.4 Å². The highest BCUT2D eigenvalue weighted by Gasteiger charge is 2.28. The zero-order valence-corrected chi connectivity index (χ0v) is 30.2. The quantitative estimate of drug-likeness (QED) is 0.174. The lowest BCUT2D eigenvalue weighted by atomic mass is 9.93. The summed E-state index contributed by atoms with van der Waals surface area (Å²) in [6, 6.07) is 19.1. The predicted molar refractivity (Wildman–Crippen MR) is 207 cm³/mol. The number of fused-ring (bicyclic) bond motifs is 3. The molecule has 3 amide bonds. The Hall–Kier alpha value is -6.87. The third kappa shape index (κ3) is 6.09. The van der Waals surface area contributed by atoms with E-state index in [4.69, 9.17) is 4.98 Å². The van der Waals surface area contributed by atoms with Crippen LogP contribution in [0.25, 0.3) is 55.2 Å². The molecule has 1 aliphatic heterocycles. The van der Waals surface area contributed by atoms with Gasteiger partial charge >= 0.3 is 5.69 Å². The number of nitrogens with one attached hydrogen (secondary N) is 2. The first-order valence-corrected chi connectivity index (χ1v) is 17.7. The van der Waals surface area contributed by atoms with Gasteiger partial charge in [-0.3, -0.25) is 43.8 Å². The Bertz CT molecular complexity index is 2800. The molecule has 7 aromatic rings. The number of hydrogen-bond acceptors (Lipinski definition) is 7. The summed E-state index contributed by atoms with van der Waals surface area (Å²) < 4.78 is 5.23. The first-order chi connectivity index (χ1) is 26.1. The number of carbonyl (C=O) groups is 3. The largest absolute Gasteiger partial charge is 0.340 e. The lowest BCUT2D eigenvalue weighted by Gasteiger charge is -2.23. The second-order valence-corrected chi connectivity index (χ2v) is 13.8. The van der Waals surface area contributed by atoms with Crippen molar-refractivity contribution in [2.75, 3.05) is 6.54 Å². The van der Waals surface area contributed by atoms with Crippen LogP contribution in [0.5, 0.6) is 0 Å². The second-order valence-electron chi connectivity index (χ2n) is 13.8. The maximum atomic E-state index is 12.9. The number of hydrogen-bond donors (Lipinski definition) is 2. The average Bonchev–Trinajstić information content (AvgIpc) is 3.69. The summed E-state index contributed by atoms with van der Waals surface area (Å²) in [4.78, 5) is 63.4. The molecule has 1 atom stereocenters. The van der Waals surface area contributed by atoms with E-state index in [0.29, 0.717) is 17.5 Å². The summed E-state index contributed by atoms with van der Waals surface area (Å²) in [5.74, 6) is 5.24. The first-order valence-electron chi connectivity index (χ1n) is 17.7. The Kier molecular flexibility index (Phi) is 8.62. The lowest BCUT2D eigenvalue weighted by Crippen LogP contribution is -2.41. The number of nitrogens with zero attached hydrogens (tertiary/aromatic N) is 6. The average molecular weight is 717 g/mol. The fraction of sp³-hybridized carbons (Fsp3) is 0.214. The fourth-order valence-corrected chi connectivity index (χ4v) is 7.22. The van der Waals surface area contributed by atoms with Gasteiger partial charge in [0.1, 0.15) is 11.7 Å². The van der Waals surface area contributed by atoms with Crippen LogP contribution in [0.2, 0.25) is 0 Å². The van der Waals surface area contributed by atoms with Crippen molar-refractivity contribution in [2.45, 2.75) is 38.6 Å². The molecule has 1 fully saturated rings. The molecular weight excluding hydrogens is 681 g/mol. The van der Waals surface area contributed by atoms with Crippen LogP contribution in [0.3, 0.4) is 0 Å². The third-order valence-corrected chi connectivity index (χ3v) is 10.1. The number of rotatable bonds is 6. The highest BCUT2D eigenvalue weighted by Crippen LogP contribution is 2.35. The summed E-state index contributed by atoms with van der Waals surface area (Å²) in [6.07, 6.45) is 7.63. The monoisotopic (exact) mass is 716 g/mol. The van der Waals surface area contributed by atoms with Gasteiger partial charge in [0.05, 0.1) is 34.3 Å². The van der Waals surface area contributed by atoms with E-state index in [1.54, 1.807) is 40.8 Å². The van der Waals surface area contributed by atoms with Crippen molar-refractivity contribution >= 4 is 50.6 Å². The minimum absolute atomic E-state index is 0.0524. The topological polar surface area (TPSA) is 146 Å². The molecule has 0 radical (unpaired) electrons. The maximum absolute atomic E-state index is 12.9. The lowest BCUT2D eigenvalue weighted by molar-refractivity contribution is -0.135. The zero-order chi connectivity index (χ0) is 37.7. The van der Waals surface area contributed by atoms with Crippen LogP contribution in [0.15, 0.2) is 90.2 Å². The second kappa shape index (κ2) is 13.6. The van der Waals surface area contributed by atoms with Gasteiger partial charge in [0.2, 0.25) is 11.8 Å². The fourth-order valence-electron chi connectivity index (χ4n) is 7.22. The van der Waals surface area contributed by atoms with Gasteiger partial charge in [-0.15, -0.1) is 0 Å². The van der Waals surface area contributed by atoms with E-state index < -0.39 is 6.04 Å². The molecule has 5 aromatic heterocycles. The number of imide groups is 1. The zero-order valence-electron chi connectivity index (χ0n) is 30.2. The number of aromatic nitrogens is 6. The van der Waals surface area contributed by atoms with Crippen LogP contribution in [0.1, 0.15) is 60.3 Å². The molecule has 2 N–H and O–H groups in total. The van der Waals surface area contributed by atoms with E-state index in [-0.39, 0.29) is 48.0 Å². The molecule has 0 saturated carbocycles. The highest BCUT2D eigenvalue weighted by atomic mass is 16.2. The number of aryl methyl sites for hydroxylation is 2. The van der Waals surface area contributed by atoms with E-state index in [9.17, 15) is 19.2 Å². The van der Waals surface area contributed by atoms with Gasteiger partial charge < -0.3 is 9.88 Å². The van der Waals surface area contributed by atoms with Crippen molar-refractivity contribution in [3.8, 4) is 34.2 Å². The van der Waals surface area contributed by atoms with Gasteiger partial charge in [0.25, 0.3) is 5.91 Å². The van der Waals surface area contributed by atoms with Gasteiger partial charge in [-0.2, -0.15) is 0 Å².